The Bertz CT molecular complexity index is 1160. The van der Waals surface area contributed by atoms with Gasteiger partial charge in [0.05, 0.1) is 6.54 Å². The van der Waals surface area contributed by atoms with E-state index in [4.69, 9.17) is 81.0 Å². The van der Waals surface area contributed by atoms with Crippen molar-refractivity contribution in [1.82, 2.24) is 5.32 Å². The molecule has 1 aliphatic heterocycles. The largest absolute Gasteiger partial charge is 0.480 e. The summed E-state index contributed by atoms with van der Waals surface area (Å²) >= 11 is 7.30. The molecular formula is C31H67CuN9O17S2. The first-order valence-corrected chi connectivity index (χ1v) is 18.3. The van der Waals surface area contributed by atoms with Gasteiger partial charge in [-0.25, -0.2) is 0 Å². The van der Waals surface area contributed by atoms with Crippen molar-refractivity contribution in [1.29, 1.82) is 0 Å². The molecule has 361 valence electrons. The van der Waals surface area contributed by atoms with E-state index in [1.54, 1.807) is 27.7 Å². The maximum atomic E-state index is 10.1. The van der Waals surface area contributed by atoms with Crippen LogP contribution in [0.4, 0.5) is 0 Å². The predicted octanol–water partition coefficient (Wildman–Crippen LogP) is -4.30. The number of amides is 1. The van der Waals surface area contributed by atoms with Crippen LogP contribution in [0.5, 0.6) is 0 Å². The molecule has 0 unspecified atom stereocenters. The van der Waals surface area contributed by atoms with Gasteiger partial charge in [0, 0.05) is 35.0 Å². The molecule has 1 heterocycles. The summed E-state index contributed by atoms with van der Waals surface area (Å²) in [7, 11) is 0. The predicted molar refractivity (Wildman–Crippen MR) is 221 cm³/mol. The van der Waals surface area contributed by atoms with Crippen molar-refractivity contribution in [3.05, 3.63) is 0 Å². The molecule has 0 spiro atoms. The van der Waals surface area contributed by atoms with Crippen molar-refractivity contribution in [3.8, 4) is 0 Å². The van der Waals surface area contributed by atoms with Crippen molar-refractivity contribution in [3.63, 3.8) is 0 Å². The zero-order valence-electron chi connectivity index (χ0n) is 33.9. The number of nitrogens with two attached hydrogens (primary N) is 8. The Kier molecular flexibility index (Phi) is 56.7. The molecule has 1 rings (SSSR count). The van der Waals surface area contributed by atoms with Crippen molar-refractivity contribution < 1.29 is 101 Å². The Labute approximate surface area is 369 Å². The Balaban J connectivity index is -0.0000000862. The fraction of sp³-hybridized carbons (Fsp3) is 0.710. The van der Waals surface area contributed by atoms with E-state index in [1.807, 2.05) is 0 Å². The molecule has 0 aromatic carbocycles. The molecule has 0 aliphatic carbocycles. The monoisotopic (exact) mass is 964 g/mol. The summed E-state index contributed by atoms with van der Waals surface area (Å²) in [4.78, 5) is 88.6. The normalized spacial score (nSPS) is 14.7. The van der Waals surface area contributed by atoms with Crippen LogP contribution >= 0.6 is 25.3 Å². The Morgan fingerprint density at radius 2 is 0.900 bits per heavy atom. The molecule has 1 radical (unpaired) electrons. The van der Waals surface area contributed by atoms with Gasteiger partial charge in [-0.3, -0.25) is 43.2 Å². The minimum absolute atomic E-state index is 0. The van der Waals surface area contributed by atoms with Crippen LogP contribution in [0, 0.1) is 11.8 Å². The van der Waals surface area contributed by atoms with Crippen LogP contribution in [-0.2, 0) is 60.2 Å². The number of rotatable bonds is 15. The number of primary amides is 1. The summed E-state index contributed by atoms with van der Waals surface area (Å²) in [6, 6.07) is -5.04. The van der Waals surface area contributed by atoms with E-state index in [1.165, 1.54) is 6.92 Å². The molecular weight excluding hydrogens is 898 g/mol. The van der Waals surface area contributed by atoms with Crippen LogP contribution in [0.15, 0.2) is 0 Å². The standard InChI is InChI=1S/C5H10N2O3.C5H9NO2.2C5H11NO2.2C3H7NO2S.C3H7NO2.C2H5NO2.Cu/c6-3(5(9)10)1-2-4(7)8;7-5(8)4-2-1-3-6-4;2*1-3(2)4(6)5(7)8;2*4-2(1-7)3(5)6;1-2(4)3(5)6;3-1-2(4)5;/h3H,1-2,6H2,(H2,7,8)(H,9,10);4,6H,1-3H2,(H,7,8);2*3-4H,6H2,1-2H3,(H,7,8);2*2,7H,1,4H2,(H,5,6);2H,4H2,1H3,(H,5,6);1,3H2,(H,4,5);/t3-;3*4-;3*2-;;/m0000000../s1. The second kappa shape index (κ2) is 46.2. The molecule has 7 atom stereocenters. The first kappa shape index (κ1) is 73.6. The Hall–Kier alpha value is -3.87. The summed E-state index contributed by atoms with van der Waals surface area (Å²) in [5, 5.41) is 67.4. The third kappa shape index (κ3) is 60.8. The average molecular weight is 966 g/mol. The van der Waals surface area contributed by atoms with E-state index in [9.17, 15) is 43.2 Å². The average Bonchev–Trinajstić information content (AvgIpc) is 3.70. The molecule has 0 aromatic heterocycles. The molecule has 26 nitrogen and oxygen atoms in total. The molecule has 1 saturated heterocycles. The van der Waals surface area contributed by atoms with E-state index in [0.717, 1.165) is 19.4 Å². The summed E-state index contributed by atoms with van der Waals surface area (Å²) < 4.78 is 0. The fourth-order valence-corrected chi connectivity index (χ4v) is 2.36. The number of carbonyl (C=O) groups is 9. The Morgan fingerprint density at radius 3 is 0.983 bits per heavy atom. The van der Waals surface area contributed by atoms with Gasteiger partial charge in [-0.2, -0.15) is 25.3 Å². The van der Waals surface area contributed by atoms with Gasteiger partial charge in [-0.15, -0.1) is 0 Å². The molecule has 0 aromatic rings. The van der Waals surface area contributed by atoms with E-state index in [2.05, 4.69) is 36.3 Å². The third-order valence-electron chi connectivity index (χ3n) is 5.98. The number of nitrogens with one attached hydrogen (secondary N) is 1. The quantitative estimate of drug-likeness (QED) is 0.0545. The minimum Gasteiger partial charge on any atom is -0.480 e. The number of thiol groups is 2. The van der Waals surface area contributed by atoms with Gasteiger partial charge in [0.1, 0.15) is 42.3 Å². The molecule has 0 bridgehead atoms. The second-order valence-electron chi connectivity index (χ2n) is 12.1. The summed E-state index contributed by atoms with van der Waals surface area (Å²) in [5.74, 6) is -7.74. The molecule has 1 aliphatic rings. The van der Waals surface area contributed by atoms with Crippen LogP contribution < -0.4 is 51.2 Å². The van der Waals surface area contributed by atoms with Crippen molar-refractivity contribution in [2.75, 3.05) is 24.6 Å². The van der Waals surface area contributed by atoms with Gasteiger partial charge in [0.15, 0.2) is 0 Å². The first-order chi connectivity index (χ1) is 26.7. The number of hydrogen-bond acceptors (Lipinski definition) is 19. The molecule has 25 N–H and O–H groups in total. The SMILES string of the molecule is CC(C)[C@H](N)C(=O)O.CC(C)[C@H](N)C(=O)O.C[C@H](N)C(=O)O.NC(=O)CC[C@H](N)C(=O)O.NCC(=O)O.N[C@@H](CS)C(=O)O.N[C@@H](CS)C(=O)O.O=C(O)[C@@H]1CCCN1.[Cu]. The number of carboxylic acid groups (broad SMARTS) is 8. The number of aliphatic carboxylic acids is 8. The number of carboxylic acids is 8. The van der Waals surface area contributed by atoms with Gasteiger partial charge < -0.3 is 92.0 Å². The van der Waals surface area contributed by atoms with Crippen LogP contribution in [0.25, 0.3) is 0 Å². The zero-order valence-corrected chi connectivity index (χ0v) is 36.7. The molecule has 1 amide bonds. The van der Waals surface area contributed by atoms with Gasteiger partial charge in [-0.05, 0) is 44.6 Å². The summed E-state index contributed by atoms with van der Waals surface area (Å²) in [6.45, 7) is 9.11. The summed E-state index contributed by atoms with van der Waals surface area (Å²) in [5.41, 5.74) is 39.4. The number of hydrogen-bond donors (Lipinski definition) is 19. The van der Waals surface area contributed by atoms with Crippen molar-refractivity contribution >= 4 is 78.9 Å². The molecule has 60 heavy (non-hydrogen) atoms. The molecule has 0 saturated carbocycles. The smallest absolute Gasteiger partial charge is 0.321 e. The maximum Gasteiger partial charge on any atom is 0.321 e. The van der Waals surface area contributed by atoms with E-state index in [0.29, 0.717) is 0 Å². The zero-order chi connectivity index (χ0) is 48.8. The summed E-state index contributed by atoms with van der Waals surface area (Å²) in [6.07, 6.45) is 1.91. The van der Waals surface area contributed by atoms with Crippen molar-refractivity contribution in [2.45, 2.75) is 103 Å². The first-order valence-electron chi connectivity index (χ1n) is 17.0. The van der Waals surface area contributed by atoms with Gasteiger partial charge in [0.25, 0.3) is 0 Å². The molecule has 1 fully saturated rings. The van der Waals surface area contributed by atoms with Gasteiger partial charge in [0.2, 0.25) is 5.91 Å². The Morgan fingerprint density at radius 1 is 0.600 bits per heavy atom. The number of carbonyl (C=O) groups excluding carboxylic acids is 1. The minimum atomic E-state index is -1.11. The van der Waals surface area contributed by atoms with Crippen LogP contribution in [0.3, 0.4) is 0 Å². The van der Waals surface area contributed by atoms with Crippen molar-refractivity contribution in [2.24, 2.45) is 57.7 Å². The van der Waals surface area contributed by atoms with E-state index >= 15 is 0 Å². The van der Waals surface area contributed by atoms with E-state index in [-0.39, 0.29) is 65.8 Å². The van der Waals surface area contributed by atoms with Crippen LogP contribution in [-0.4, -0.2) is 161 Å². The fourth-order valence-electron chi connectivity index (χ4n) is 2.04. The van der Waals surface area contributed by atoms with E-state index < -0.39 is 89.9 Å². The van der Waals surface area contributed by atoms with Crippen LogP contribution in [0.2, 0.25) is 0 Å². The topological polar surface area (TPSA) is 536 Å². The second-order valence-corrected chi connectivity index (χ2v) is 12.9. The van der Waals surface area contributed by atoms with Gasteiger partial charge in [-0.1, -0.05) is 27.7 Å². The maximum absolute atomic E-state index is 10.1. The molecule has 29 heteroatoms. The third-order valence-corrected chi connectivity index (χ3v) is 6.76. The van der Waals surface area contributed by atoms with Crippen LogP contribution in [0.1, 0.15) is 60.3 Å². The van der Waals surface area contributed by atoms with Gasteiger partial charge >= 0.3 is 47.8 Å².